The first kappa shape index (κ1) is 17.4. The molecule has 0 radical (unpaired) electrons. The summed E-state index contributed by atoms with van der Waals surface area (Å²) in [4.78, 5) is 23.6. The number of carbonyl (C=O) groups excluding carboxylic acids is 2. The zero-order valence-corrected chi connectivity index (χ0v) is 14.6. The van der Waals surface area contributed by atoms with Crippen LogP contribution >= 0.6 is 0 Å². The fourth-order valence-corrected chi connectivity index (χ4v) is 5.64. The summed E-state index contributed by atoms with van der Waals surface area (Å²) in [5, 5.41) is 21.7. The van der Waals surface area contributed by atoms with E-state index >= 15 is 0 Å². The normalized spacial score (nSPS) is 45.8. The third-order valence-corrected chi connectivity index (χ3v) is 6.20. The van der Waals surface area contributed by atoms with Crippen molar-refractivity contribution in [2.75, 3.05) is 6.61 Å². The Kier molecular flexibility index (Phi) is 3.67. The standard InChI is InChI=1S/C18H26O6/c1-11(2)14(20)23-5-13(19)24-18-9-16(21)6-15(4,12(18)3)7-17(22,8-16)10-18/h12,21-22H,1,5-10H2,2-4H3. The van der Waals surface area contributed by atoms with Crippen LogP contribution in [0.1, 0.15) is 52.9 Å². The molecule has 0 spiro atoms. The molecule has 4 rings (SSSR count). The number of aliphatic hydroxyl groups is 2. The Labute approximate surface area is 141 Å². The molecule has 2 N–H and O–H groups in total. The van der Waals surface area contributed by atoms with Gasteiger partial charge in [-0.3, -0.25) is 0 Å². The number of hydrogen-bond donors (Lipinski definition) is 2. The molecule has 0 aromatic carbocycles. The van der Waals surface area contributed by atoms with Gasteiger partial charge in [0.2, 0.25) is 0 Å². The predicted molar refractivity (Wildman–Crippen MR) is 84.9 cm³/mol. The van der Waals surface area contributed by atoms with Crippen LogP contribution in [0.3, 0.4) is 0 Å². The lowest BCUT2D eigenvalue weighted by molar-refractivity contribution is -0.306. The van der Waals surface area contributed by atoms with Crippen LogP contribution in [0.4, 0.5) is 0 Å². The first-order valence-corrected chi connectivity index (χ1v) is 8.40. The minimum absolute atomic E-state index is 0.00615. The van der Waals surface area contributed by atoms with Crippen LogP contribution in [-0.2, 0) is 19.1 Å². The molecule has 0 amide bonds. The molecular weight excluding hydrogens is 312 g/mol. The Balaban J connectivity index is 1.78. The average Bonchev–Trinajstić information content (AvgIpc) is 2.38. The number of carbonyl (C=O) groups is 2. The van der Waals surface area contributed by atoms with E-state index in [1.165, 1.54) is 6.92 Å². The van der Waals surface area contributed by atoms with E-state index in [2.05, 4.69) is 6.58 Å². The number of hydrogen-bond acceptors (Lipinski definition) is 6. The van der Waals surface area contributed by atoms with Gasteiger partial charge in [0.1, 0.15) is 5.60 Å². The van der Waals surface area contributed by atoms with Crippen LogP contribution in [0, 0.1) is 11.3 Å². The summed E-state index contributed by atoms with van der Waals surface area (Å²) in [6.07, 6.45) is 2.17. The van der Waals surface area contributed by atoms with Crippen molar-refractivity contribution in [3.05, 3.63) is 12.2 Å². The Morgan fingerprint density at radius 3 is 2.17 bits per heavy atom. The second-order valence-electron chi connectivity index (χ2n) is 8.60. The summed E-state index contributed by atoms with van der Waals surface area (Å²) in [7, 11) is 0. The van der Waals surface area contributed by atoms with Crippen LogP contribution in [0.25, 0.3) is 0 Å². The molecule has 0 aromatic heterocycles. The maximum Gasteiger partial charge on any atom is 0.344 e. The summed E-state index contributed by atoms with van der Waals surface area (Å²) in [5.41, 5.74) is -3.02. The van der Waals surface area contributed by atoms with Crippen molar-refractivity contribution >= 4 is 11.9 Å². The number of esters is 2. The first-order valence-electron chi connectivity index (χ1n) is 8.40. The van der Waals surface area contributed by atoms with E-state index in [4.69, 9.17) is 9.47 Å². The smallest absolute Gasteiger partial charge is 0.344 e. The maximum absolute atomic E-state index is 12.2. The summed E-state index contributed by atoms with van der Waals surface area (Å²) in [6, 6.07) is 0. The molecule has 4 aliphatic rings. The van der Waals surface area contributed by atoms with Gasteiger partial charge in [-0.05, 0) is 25.2 Å². The summed E-state index contributed by atoms with van der Waals surface area (Å²) >= 11 is 0. The molecule has 134 valence electrons. The Hall–Kier alpha value is -1.40. The molecule has 0 heterocycles. The molecule has 4 bridgehead atoms. The van der Waals surface area contributed by atoms with Gasteiger partial charge >= 0.3 is 11.9 Å². The quantitative estimate of drug-likeness (QED) is 0.596. The predicted octanol–water partition coefficient (Wildman–Crippen LogP) is 1.48. The third kappa shape index (κ3) is 2.65. The zero-order chi connectivity index (χ0) is 18.0. The second kappa shape index (κ2) is 5.05. The van der Waals surface area contributed by atoms with Crippen LogP contribution in [0.5, 0.6) is 0 Å². The largest absolute Gasteiger partial charge is 0.456 e. The molecule has 6 nitrogen and oxygen atoms in total. The van der Waals surface area contributed by atoms with Crippen LogP contribution in [0.2, 0.25) is 0 Å². The highest BCUT2D eigenvalue weighted by Crippen LogP contribution is 2.67. The number of ether oxygens (including phenoxy) is 2. The van der Waals surface area contributed by atoms with Crippen LogP contribution in [0.15, 0.2) is 12.2 Å². The van der Waals surface area contributed by atoms with Crippen LogP contribution in [-0.4, -0.2) is 45.6 Å². The van der Waals surface area contributed by atoms with E-state index in [-0.39, 0.29) is 16.9 Å². The minimum atomic E-state index is -1.01. The summed E-state index contributed by atoms with van der Waals surface area (Å²) in [5.74, 6) is -1.30. The fourth-order valence-electron chi connectivity index (χ4n) is 5.64. The van der Waals surface area contributed by atoms with Gasteiger partial charge in [0.25, 0.3) is 0 Å². The van der Waals surface area contributed by atoms with Crippen molar-refractivity contribution in [2.45, 2.75) is 69.7 Å². The molecule has 3 unspecified atom stereocenters. The third-order valence-electron chi connectivity index (χ3n) is 6.20. The molecule has 3 atom stereocenters. The van der Waals surface area contributed by atoms with Gasteiger partial charge in [0, 0.05) is 30.8 Å². The molecule has 4 fully saturated rings. The summed E-state index contributed by atoms with van der Waals surface area (Å²) < 4.78 is 10.6. The summed E-state index contributed by atoms with van der Waals surface area (Å²) in [6.45, 7) is 8.52. The van der Waals surface area contributed by atoms with E-state index in [9.17, 15) is 19.8 Å². The van der Waals surface area contributed by atoms with E-state index in [0.717, 1.165) is 0 Å². The van der Waals surface area contributed by atoms with Gasteiger partial charge in [-0.2, -0.15) is 0 Å². The van der Waals surface area contributed by atoms with Crippen LogP contribution < -0.4 is 0 Å². The number of rotatable bonds is 4. The van der Waals surface area contributed by atoms with E-state index in [0.29, 0.717) is 32.1 Å². The first-order chi connectivity index (χ1) is 10.9. The van der Waals surface area contributed by atoms with Crippen molar-refractivity contribution in [2.24, 2.45) is 11.3 Å². The Bertz CT molecular complexity index is 591. The second-order valence-corrected chi connectivity index (χ2v) is 8.60. The molecule has 24 heavy (non-hydrogen) atoms. The molecule has 0 saturated heterocycles. The van der Waals surface area contributed by atoms with E-state index < -0.39 is 35.3 Å². The van der Waals surface area contributed by atoms with Gasteiger partial charge in [0.15, 0.2) is 6.61 Å². The highest BCUT2D eigenvalue weighted by molar-refractivity contribution is 5.88. The highest BCUT2D eigenvalue weighted by atomic mass is 16.6. The lowest BCUT2D eigenvalue weighted by atomic mass is 9.41. The SMILES string of the molecule is C=C(C)C(=O)OCC(=O)OC12CC3(O)CC(O)(CC(C)(C3)C1C)C2. The van der Waals surface area contributed by atoms with Gasteiger partial charge in [-0.1, -0.05) is 20.4 Å². The van der Waals surface area contributed by atoms with Gasteiger partial charge in [-0.15, -0.1) is 0 Å². The highest BCUT2D eigenvalue weighted by Gasteiger charge is 2.71. The fraction of sp³-hybridized carbons (Fsp3) is 0.778. The van der Waals surface area contributed by atoms with E-state index in [1.54, 1.807) is 0 Å². The van der Waals surface area contributed by atoms with E-state index in [1.807, 2.05) is 13.8 Å². The molecular formula is C18H26O6. The maximum atomic E-state index is 12.2. The molecule has 0 aliphatic heterocycles. The van der Waals surface area contributed by atoms with Crippen molar-refractivity contribution in [1.82, 2.24) is 0 Å². The van der Waals surface area contributed by atoms with Crippen molar-refractivity contribution in [3.63, 3.8) is 0 Å². The topological polar surface area (TPSA) is 93.1 Å². The molecule has 4 aliphatic carbocycles. The van der Waals surface area contributed by atoms with Gasteiger partial charge in [-0.25, -0.2) is 9.59 Å². The zero-order valence-electron chi connectivity index (χ0n) is 14.6. The van der Waals surface area contributed by atoms with Gasteiger partial charge in [0.05, 0.1) is 11.2 Å². The molecule has 4 saturated carbocycles. The Morgan fingerprint density at radius 1 is 1.12 bits per heavy atom. The molecule has 6 heteroatoms. The monoisotopic (exact) mass is 338 g/mol. The van der Waals surface area contributed by atoms with Crippen molar-refractivity contribution in [1.29, 1.82) is 0 Å². The average molecular weight is 338 g/mol. The minimum Gasteiger partial charge on any atom is -0.456 e. The lowest BCUT2D eigenvalue weighted by Crippen LogP contribution is -2.73. The molecule has 0 aromatic rings. The Morgan fingerprint density at radius 2 is 1.67 bits per heavy atom. The van der Waals surface area contributed by atoms with Crippen molar-refractivity contribution < 1.29 is 29.3 Å². The lowest BCUT2D eigenvalue weighted by Gasteiger charge is -2.69. The van der Waals surface area contributed by atoms with Crippen molar-refractivity contribution in [3.8, 4) is 0 Å². The van der Waals surface area contributed by atoms with Gasteiger partial charge < -0.3 is 19.7 Å².